The Hall–Kier alpha value is -1.16. The zero-order valence-electron chi connectivity index (χ0n) is 7.59. The van der Waals surface area contributed by atoms with Crippen LogP contribution in [0.2, 0.25) is 0 Å². The van der Waals surface area contributed by atoms with Crippen LogP contribution in [0, 0.1) is 13.8 Å². The highest BCUT2D eigenvalue weighted by Gasteiger charge is 2.07. The van der Waals surface area contributed by atoms with Crippen LogP contribution in [0.1, 0.15) is 17.1 Å². The van der Waals surface area contributed by atoms with Gasteiger partial charge in [-0.2, -0.15) is 4.98 Å². The average Bonchev–Trinajstić information content (AvgIpc) is 2.03. The first-order chi connectivity index (χ1) is 5.69. The summed E-state index contributed by atoms with van der Waals surface area (Å²) in [4.78, 5) is 8.29. The van der Waals surface area contributed by atoms with Crippen LogP contribution >= 0.6 is 0 Å². The lowest BCUT2D eigenvalue weighted by molar-refractivity contribution is 0.389. The number of methoxy groups -OCH3 is 1. The lowest BCUT2D eigenvalue weighted by Crippen LogP contribution is -2.07. The minimum Gasteiger partial charge on any atom is -0.481 e. The molecule has 0 aliphatic heterocycles. The molecule has 0 saturated carbocycles. The van der Waals surface area contributed by atoms with Gasteiger partial charge in [0.2, 0.25) is 5.88 Å². The van der Waals surface area contributed by atoms with Gasteiger partial charge in [-0.05, 0) is 13.8 Å². The van der Waals surface area contributed by atoms with Gasteiger partial charge < -0.3 is 10.5 Å². The highest BCUT2D eigenvalue weighted by Crippen LogP contribution is 2.16. The Labute approximate surface area is 71.8 Å². The first-order valence-corrected chi connectivity index (χ1v) is 3.77. The van der Waals surface area contributed by atoms with E-state index in [2.05, 4.69) is 9.97 Å². The molecule has 1 aromatic rings. The molecule has 1 rings (SSSR count). The molecule has 4 nitrogen and oxygen atoms in total. The smallest absolute Gasteiger partial charge is 0.221 e. The first kappa shape index (κ1) is 8.93. The first-order valence-electron chi connectivity index (χ1n) is 3.77. The molecule has 4 heteroatoms. The van der Waals surface area contributed by atoms with Gasteiger partial charge in [0.25, 0.3) is 0 Å². The summed E-state index contributed by atoms with van der Waals surface area (Å²) in [6.45, 7) is 4.14. The minimum absolute atomic E-state index is 0.412. The van der Waals surface area contributed by atoms with Crippen LogP contribution in [0.3, 0.4) is 0 Å². The van der Waals surface area contributed by atoms with Crippen molar-refractivity contribution in [1.82, 2.24) is 9.97 Å². The monoisotopic (exact) mass is 167 g/mol. The molecule has 0 atom stereocenters. The third-order valence-corrected chi connectivity index (χ3v) is 1.69. The van der Waals surface area contributed by atoms with Crippen molar-refractivity contribution in [2.45, 2.75) is 20.4 Å². The quantitative estimate of drug-likeness (QED) is 0.699. The Morgan fingerprint density at radius 2 is 2.00 bits per heavy atom. The van der Waals surface area contributed by atoms with Gasteiger partial charge in [-0.3, -0.25) is 0 Å². The van der Waals surface area contributed by atoms with Crippen molar-refractivity contribution in [1.29, 1.82) is 0 Å². The Bertz CT molecular complexity index is 286. The maximum Gasteiger partial charge on any atom is 0.221 e. The largest absolute Gasteiger partial charge is 0.481 e. The Balaban J connectivity index is 3.24. The van der Waals surface area contributed by atoms with E-state index in [1.165, 1.54) is 0 Å². The number of hydrogen-bond acceptors (Lipinski definition) is 4. The molecule has 0 aliphatic carbocycles. The van der Waals surface area contributed by atoms with Crippen LogP contribution in [0.15, 0.2) is 0 Å². The fourth-order valence-electron chi connectivity index (χ4n) is 1.11. The van der Waals surface area contributed by atoms with Crippen LogP contribution in [-0.4, -0.2) is 17.1 Å². The lowest BCUT2D eigenvalue weighted by atomic mass is 10.2. The number of rotatable bonds is 2. The van der Waals surface area contributed by atoms with Gasteiger partial charge >= 0.3 is 0 Å². The van der Waals surface area contributed by atoms with Crippen molar-refractivity contribution in [2.75, 3.05) is 7.11 Å². The maximum absolute atomic E-state index is 5.52. The minimum atomic E-state index is 0.412. The fraction of sp³-hybridized carbons (Fsp3) is 0.500. The molecule has 1 heterocycles. The normalized spacial score (nSPS) is 10.0. The summed E-state index contributed by atoms with van der Waals surface area (Å²) in [6.07, 6.45) is 0. The Morgan fingerprint density at radius 3 is 2.50 bits per heavy atom. The third-order valence-electron chi connectivity index (χ3n) is 1.69. The molecule has 66 valence electrons. The van der Waals surface area contributed by atoms with E-state index < -0.39 is 0 Å². The number of nitrogens with zero attached hydrogens (tertiary/aromatic N) is 2. The highest BCUT2D eigenvalue weighted by atomic mass is 16.5. The van der Waals surface area contributed by atoms with Gasteiger partial charge in [0.1, 0.15) is 5.82 Å². The standard InChI is InChI=1S/C8H13N3O/c1-5-7(4-9)8(12-3)11-6(2)10-5/h4,9H2,1-3H3. The Morgan fingerprint density at radius 1 is 1.33 bits per heavy atom. The summed E-state index contributed by atoms with van der Waals surface area (Å²) < 4.78 is 5.07. The summed E-state index contributed by atoms with van der Waals surface area (Å²) in [5, 5.41) is 0. The van der Waals surface area contributed by atoms with E-state index in [4.69, 9.17) is 10.5 Å². The Kier molecular flexibility index (Phi) is 2.60. The van der Waals surface area contributed by atoms with Crippen molar-refractivity contribution in [3.63, 3.8) is 0 Å². The second kappa shape index (κ2) is 3.49. The van der Waals surface area contributed by atoms with E-state index in [-0.39, 0.29) is 0 Å². The highest BCUT2D eigenvalue weighted by molar-refractivity contribution is 5.29. The molecular weight excluding hydrogens is 154 g/mol. The van der Waals surface area contributed by atoms with Crippen molar-refractivity contribution in [2.24, 2.45) is 5.73 Å². The zero-order chi connectivity index (χ0) is 9.14. The van der Waals surface area contributed by atoms with E-state index >= 15 is 0 Å². The second-order valence-electron chi connectivity index (χ2n) is 2.55. The molecule has 0 bridgehead atoms. The molecule has 0 aliphatic rings. The predicted molar refractivity (Wildman–Crippen MR) is 45.9 cm³/mol. The topological polar surface area (TPSA) is 61.0 Å². The van der Waals surface area contributed by atoms with E-state index in [9.17, 15) is 0 Å². The molecule has 0 saturated heterocycles. The molecule has 1 aromatic heterocycles. The van der Waals surface area contributed by atoms with E-state index in [0.29, 0.717) is 18.2 Å². The van der Waals surface area contributed by atoms with Gasteiger partial charge in [-0.15, -0.1) is 0 Å². The molecule has 2 N–H and O–H groups in total. The summed E-state index contributed by atoms with van der Waals surface area (Å²) >= 11 is 0. The van der Waals surface area contributed by atoms with Crippen LogP contribution in [-0.2, 0) is 6.54 Å². The van der Waals surface area contributed by atoms with Crippen LogP contribution < -0.4 is 10.5 Å². The van der Waals surface area contributed by atoms with E-state index in [0.717, 1.165) is 11.3 Å². The van der Waals surface area contributed by atoms with Crippen LogP contribution in [0.25, 0.3) is 0 Å². The summed E-state index contributed by atoms with van der Waals surface area (Å²) in [5.41, 5.74) is 7.29. The fourth-order valence-corrected chi connectivity index (χ4v) is 1.11. The summed E-state index contributed by atoms with van der Waals surface area (Å²) in [5.74, 6) is 1.30. The second-order valence-corrected chi connectivity index (χ2v) is 2.55. The van der Waals surface area contributed by atoms with Gasteiger partial charge in [0, 0.05) is 17.8 Å². The zero-order valence-corrected chi connectivity index (χ0v) is 7.59. The van der Waals surface area contributed by atoms with Gasteiger partial charge in [-0.1, -0.05) is 0 Å². The summed E-state index contributed by atoms with van der Waals surface area (Å²) in [6, 6.07) is 0. The third kappa shape index (κ3) is 1.53. The van der Waals surface area contributed by atoms with Gasteiger partial charge in [0.05, 0.1) is 7.11 Å². The van der Waals surface area contributed by atoms with Gasteiger partial charge in [0.15, 0.2) is 0 Å². The number of ether oxygens (including phenoxy) is 1. The lowest BCUT2D eigenvalue weighted by Gasteiger charge is -2.08. The number of nitrogens with two attached hydrogens (primary N) is 1. The molecule has 0 aromatic carbocycles. The number of hydrogen-bond donors (Lipinski definition) is 1. The van der Waals surface area contributed by atoms with Crippen molar-refractivity contribution >= 4 is 0 Å². The van der Waals surface area contributed by atoms with Crippen molar-refractivity contribution in [3.8, 4) is 5.88 Å². The molecule has 0 amide bonds. The van der Waals surface area contributed by atoms with Crippen molar-refractivity contribution in [3.05, 3.63) is 17.1 Å². The molecule has 0 fully saturated rings. The summed E-state index contributed by atoms with van der Waals surface area (Å²) in [7, 11) is 1.58. The number of aryl methyl sites for hydroxylation is 2. The molecule has 0 unspecified atom stereocenters. The number of aromatic nitrogens is 2. The molecule has 12 heavy (non-hydrogen) atoms. The van der Waals surface area contributed by atoms with Crippen LogP contribution in [0.5, 0.6) is 5.88 Å². The average molecular weight is 167 g/mol. The molecule has 0 radical (unpaired) electrons. The molecular formula is C8H13N3O. The predicted octanol–water partition coefficient (Wildman–Crippen LogP) is 0.561. The van der Waals surface area contributed by atoms with Gasteiger partial charge in [-0.25, -0.2) is 4.98 Å². The van der Waals surface area contributed by atoms with Crippen LogP contribution in [0.4, 0.5) is 0 Å². The maximum atomic E-state index is 5.52. The van der Waals surface area contributed by atoms with E-state index in [1.807, 2.05) is 13.8 Å². The molecule has 0 spiro atoms. The SMILES string of the molecule is COc1nc(C)nc(C)c1CN. The van der Waals surface area contributed by atoms with Crippen molar-refractivity contribution < 1.29 is 4.74 Å². The van der Waals surface area contributed by atoms with E-state index in [1.54, 1.807) is 7.11 Å².